The van der Waals surface area contributed by atoms with Gasteiger partial charge in [-0.05, 0) is 18.7 Å². The maximum atomic E-state index is 11.1. The first-order chi connectivity index (χ1) is 5.77. The Morgan fingerprint density at radius 2 is 2.42 bits per heavy atom. The fourth-order valence-corrected chi connectivity index (χ4v) is 0.732. The van der Waals surface area contributed by atoms with Gasteiger partial charge in [-0.25, -0.2) is 0 Å². The lowest BCUT2D eigenvalue weighted by atomic mass is 10.3. The van der Waals surface area contributed by atoms with Crippen LogP contribution in [0.15, 0.2) is 0 Å². The Bertz CT molecular complexity index is 269. The van der Waals surface area contributed by atoms with Crippen LogP contribution in [0.2, 0.25) is 0 Å². The van der Waals surface area contributed by atoms with Gasteiger partial charge in [0.15, 0.2) is 0 Å². The number of carbonyl (C=O) groups is 1. The average Bonchev–Trinajstić information content (AvgIpc) is 2.52. The molecule has 66 valence electrons. The summed E-state index contributed by atoms with van der Waals surface area (Å²) in [4.78, 5) is 12.5. The highest BCUT2D eigenvalue weighted by atomic mass is 16.1. The number of nitrogens with zero attached hydrogens (tertiary/aromatic N) is 4. The Morgan fingerprint density at radius 3 is 2.92 bits per heavy atom. The normalized spacial score (nSPS) is 10.2. The fraction of sp³-hybridized carbons (Fsp3) is 0.667. The summed E-state index contributed by atoms with van der Waals surface area (Å²) >= 11 is 0. The van der Waals surface area contributed by atoms with Gasteiger partial charge in [-0.3, -0.25) is 4.79 Å². The standard InChI is InChI=1S/C6H11N5O/c1-2-11-9-6(8-10-11)5(12)3-4-7/h2-4,7H2,1H3. The molecule has 12 heavy (non-hydrogen) atoms. The lowest BCUT2D eigenvalue weighted by Crippen LogP contribution is -2.10. The molecule has 0 aliphatic heterocycles. The smallest absolute Gasteiger partial charge is 0.240 e. The molecule has 1 aromatic heterocycles. The van der Waals surface area contributed by atoms with Crippen LogP contribution < -0.4 is 5.73 Å². The summed E-state index contributed by atoms with van der Waals surface area (Å²) in [6, 6.07) is 0. The summed E-state index contributed by atoms with van der Waals surface area (Å²) in [5, 5.41) is 11.1. The molecule has 2 N–H and O–H groups in total. The summed E-state index contributed by atoms with van der Waals surface area (Å²) in [5.41, 5.74) is 5.20. The number of hydrogen-bond acceptors (Lipinski definition) is 5. The van der Waals surface area contributed by atoms with Crippen LogP contribution >= 0.6 is 0 Å². The Labute approximate surface area is 69.7 Å². The van der Waals surface area contributed by atoms with Crippen molar-refractivity contribution in [2.24, 2.45) is 5.73 Å². The molecule has 1 heterocycles. The third-order valence-corrected chi connectivity index (χ3v) is 1.36. The van der Waals surface area contributed by atoms with E-state index < -0.39 is 0 Å². The van der Waals surface area contributed by atoms with E-state index in [0.717, 1.165) is 0 Å². The molecule has 0 unspecified atom stereocenters. The van der Waals surface area contributed by atoms with Crippen LogP contribution in [0.25, 0.3) is 0 Å². The van der Waals surface area contributed by atoms with E-state index in [-0.39, 0.29) is 18.0 Å². The molecular formula is C6H11N5O. The van der Waals surface area contributed by atoms with Crippen molar-refractivity contribution < 1.29 is 4.79 Å². The van der Waals surface area contributed by atoms with Gasteiger partial charge in [0.25, 0.3) is 0 Å². The zero-order valence-corrected chi connectivity index (χ0v) is 6.90. The van der Waals surface area contributed by atoms with Crippen molar-refractivity contribution >= 4 is 5.78 Å². The second-order valence-electron chi connectivity index (χ2n) is 2.26. The molecule has 0 fully saturated rings. The molecule has 0 amide bonds. The summed E-state index contributed by atoms with van der Waals surface area (Å²) in [7, 11) is 0. The van der Waals surface area contributed by atoms with E-state index in [1.54, 1.807) is 0 Å². The van der Waals surface area contributed by atoms with Crippen molar-refractivity contribution in [3.8, 4) is 0 Å². The first-order valence-corrected chi connectivity index (χ1v) is 3.79. The predicted molar refractivity (Wildman–Crippen MR) is 41.5 cm³/mol. The Kier molecular flexibility index (Phi) is 2.87. The molecule has 0 aliphatic carbocycles. The number of tetrazole rings is 1. The molecule has 0 aromatic carbocycles. The van der Waals surface area contributed by atoms with Crippen LogP contribution in [0, 0.1) is 0 Å². The molecule has 6 nitrogen and oxygen atoms in total. The minimum Gasteiger partial charge on any atom is -0.330 e. The minimum atomic E-state index is -0.155. The topological polar surface area (TPSA) is 86.7 Å². The number of nitrogens with two attached hydrogens (primary N) is 1. The zero-order valence-electron chi connectivity index (χ0n) is 6.90. The van der Waals surface area contributed by atoms with Crippen molar-refractivity contribution in [3.05, 3.63) is 5.82 Å². The maximum Gasteiger partial charge on any atom is 0.240 e. The van der Waals surface area contributed by atoms with Gasteiger partial charge in [0.1, 0.15) is 0 Å². The van der Waals surface area contributed by atoms with Crippen LogP contribution in [0.3, 0.4) is 0 Å². The molecule has 0 radical (unpaired) electrons. The molecule has 0 atom stereocenters. The average molecular weight is 169 g/mol. The molecular weight excluding hydrogens is 158 g/mol. The highest BCUT2D eigenvalue weighted by molar-refractivity contribution is 5.92. The first-order valence-electron chi connectivity index (χ1n) is 3.79. The van der Waals surface area contributed by atoms with Crippen LogP contribution in [-0.4, -0.2) is 32.5 Å². The van der Waals surface area contributed by atoms with Gasteiger partial charge < -0.3 is 5.73 Å². The number of aryl methyl sites for hydroxylation is 1. The van der Waals surface area contributed by atoms with Gasteiger partial charge in [0, 0.05) is 6.42 Å². The maximum absolute atomic E-state index is 11.1. The summed E-state index contributed by atoms with van der Waals surface area (Å²) < 4.78 is 0. The molecule has 0 bridgehead atoms. The van der Waals surface area contributed by atoms with E-state index in [0.29, 0.717) is 13.1 Å². The van der Waals surface area contributed by atoms with Crippen molar-refractivity contribution in [3.63, 3.8) is 0 Å². The number of rotatable bonds is 4. The third kappa shape index (κ3) is 1.85. The van der Waals surface area contributed by atoms with Crippen LogP contribution in [0.4, 0.5) is 0 Å². The number of carbonyl (C=O) groups excluding carboxylic acids is 1. The zero-order chi connectivity index (χ0) is 8.97. The van der Waals surface area contributed by atoms with Crippen LogP contribution in [0.1, 0.15) is 24.0 Å². The monoisotopic (exact) mass is 169 g/mol. The molecule has 0 saturated carbocycles. The van der Waals surface area contributed by atoms with Gasteiger partial charge in [0.2, 0.25) is 11.6 Å². The van der Waals surface area contributed by atoms with Crippen molar-refractivity contribution in [2.75, 3.05) is 6.54 Å². The Balaban J connectivity index is 2.68. The summed E-state index contributed by atoms with van der Waals surface area (Å²) in [5.74, 6) is -0.000463. The van der Waals surface area contributed by atoms with E-state index in [1.807, 2.05) is 6.92 Å². The highest BCUT2D eigenvalue weighted by Gasteiger charge is 2.10. The quantitative estimate of drug-likeness (QED) is 0.598. The van der Waals surface area contributed by atoms with Crippen LogP contribution in [0.5, 0.6) is 0 Å². The second kappa shape index (κ2) is 3.91. The largest absolute Gasteiger partial charge is 0.330 e. The lowest BCUT2D eigenvalue weighted by molar-refractivity contribution is 0.0975. The molecule has 0 spiro atoms. The number of ketones is 1. The first kappa shape index (κ1) is 8.79. The molecule has 0 aliphatic rings. The Hall–Kier alpha value is -1.30. The Morgan fingerprint density at radius 1 is 1.67 bits per heavy atom. The van der Waals surface area contributed by atoms with Crippen LogP contribution in [-0.2, 0) is 6.54 Å². The summed E-state index contributed by atoms with van der Waals surface area (Å²) in [6.07, 6.45) is 0.273. The van der Waals surface area contributed by atoms with Gasteiger partial charge in [0.05, 0.1) is 6.54 Å². The number of hydrogen-bond donors (Lipinski definition) is 1. The number of Topliss-reactive ketones (excluding diaryl/α,β-unsaturated/α-hetero) is 1. The third-order valence-electron chi connectivity index (χ3n) is 1.36. The van der Waals surface area contributed by atoms with Gasteiger partial charge >= 0.3 is 0 Å². The fourth-order valence-electron chi connectivity index (χ4n) is 0.732. The predicted octanol–water partition coefficient (Wildman–Crippen LogP) is -0.775. The van der Waals surface area contributed by atoms with Gasteiger partial charge in [-0.1, -0.05) is 0 Å². The second-order valence-corrected chi connectivity index (χ2v) is 2.26. The molecule has 1 aromatic rings. The highest BCUT2D eigenvalue weighted by Crippen LogP contribution is 1.92. The van der Waals surface area contributed by atoms with Gasteiger partial charge in [-0.15, -0.1) is 10.2 Å². The number of aromatic nitrogens is 4. The summed E-state index contributed by atoms with van der Waals surface area (Å²) in [6.45, 7) is 2.81. The SMILES string of the molecule is CCn1nnc(C(=O)CCN)n1. The van der Waals surface area contributed by atoms with E-state index in [2.05, 4.69) is 15.4 Å². The van der Waals surface area contributed by atoms with Crippen molar-refractivity contribution in [2.45, 2.75) is 19.9 Å². The lowest BCUT2D eigenvalue weighted by Gasteiger charge is -1.89. The van der Waals surface area contributed by atoms with Crippen molar-refractivity contribution in [1.82, 2.24) is 20.2 Å². The molecule has 0 saturated heterocycles. The van der Waals surface area contributed by atoms with Crippen molar-refractivity contribution in [1.29, 1.82) is 0 Å². The molecule has 1 rings (SSSR count). The van der Waals surface area contributed by atoms with E-state index >= 15 is 0 Å². The minimum absolute atomic E-state index is 0.155. The van der Waals surface area contributed by atoms with Gasteiger partial charge in [-0.2, -0.15) is 4.80 Å². The van der Waals surface area contributed by atoms with E-state index in [9.17, 15) is 4.79 Å². The van der Waals surface area contributed by atoms with E-state index in [1.165, 1.54) is 4.80 Å². The molecule has 6 heteroatoms. The van der Waals surface area contributed by atoms with E-state index in [4.69, 9.17) is 5.73 Å².